The summed E-state index contributed by atoms with van der Waals surface area (Å²) < 4.78 is 24.2. The molecule has 158 valence electrons. The van der Waals surface area contributed by atoms with Gasteiger partial charge in [-0.05, 0) is 42.7 Å². The van der Waals surface area contributed by atoms with Crippen LogP contribution in [0.25, 0.3) is 0 Å². The van der Waals surface area contributed by atoms with E-state index in [1.165, 1.54) is 23.5 Å². The Bertz CT molecular complexity index is 940. The van der Waals surface area contributed by atoms with E-state index in [0.29, 0.717) is 24.6 Å². The maximum Gasteiger partial charge on any atom is 0.282 e. The second kappa shape index (κ2) is 9.92. The molecule has 3 heterocycles. The molecule has 0 bridgehead atoms. The van der Waals surface area contributed by atoms with Crippen LogP contribution in [-0.2, 0) is 24.4 Å². The van der Waals surface area contributed by atoms with Crippen LogP contribution < -0.4 is 5.32 Å². The van der Waals surface area contributed by atoms with Crippen molar-refractivity contribution in [2.75, 3.05) is 13.2 Å². The van der Waals surface area contributed by atoms with E-state index >= 15 is 0 Å². The van der Waals surface area contributed by atoms with Crippen molar-refractivity contribution in [1.82, 2.24) is 20.4 Å². The SMILES string of the molecule is O=C(NCc1ccc(F)cc1)c1nnc(CN(Cc2ccco2)CC2CCCO2)s1. The van der Waals surface area contributed by atoms with Gasteiger partial charge in [-0.1, -0.05) is 23.5 Å². The van der Waals surface area contributed by atoms with Gasteiger partial charge in [-0.25, -0.2) is 4.39 Å². The zero-order valence-corrected chi connectivity index (χ0v) is 17.2. The molecule has 1 aliphatic heterocycles. The molecule has 1 amide bonds. The quantitative estimate of drug-likeness (QED) is 0.561. The highest BCUT2D eigenvalue weighted by Crippen LogP contribution is 2.19. The van der Waals surface area contributed by atoms with E-state index < -0.39 is 0 Å². The highest BCUT2D eigenvalue weighted by atomic mass is 32.1. The number of carbonyl (C=O) groups excluding carboxylic acids is 1. The smallest absolute Gasteiger partial charge is 0.282 e. The number of furan rings is 1. The highest BCUT2D eigenvalue weighted by Gasteiger charge is 2.22. The fourth-order valence-corrected chi connectivity index (χ4v) is 4.14. The molecular weight excluding hydrogens is 407 g/mol. The van der Waals surface area contributed by atoms with E-state index in [-0.39, 0.29) is 17.8 Å². The summed E-state index contributed by atoms with van der Waals surface area (Å²) in [6.07, 6.45) is 3.98. The predicted octanol–water partition coefficient (Wildman–Crippen LogP) is 3.38. The zero-order valence-electron chi connectivity index (χ0n) is 16.4. The van der Waals surface area contributed by atoms with Gasteiger partial charge in [0, 0.05) is 19.7 Å². The molecule has 2 aromatic heterocycles. The lowest BCUT2D eigenvalue weighted by Gasteiger charge is -2.23. The number of aromatic nitrogens is 2. The Hall–Kier alpha value is -2.62. The molecule has 1 N–H and O–H groups in total. The summed E-state index contributed by atoms with van der Waals surface area (Å²) in [5.41, 5.74) is 0.815. The number of hydrogen-bond acceptors (Lipinski definition) is 7. The van der Waals surface area contributed by atoms with Crippen LogP contribution in [0.4, 0.5) is 4.39 Å². The predicted molar refractivity (Wildman–Crippen MR) is 109 cm³/mol. The lowest BCUT2D eigenvalue weighted by Crippen LogP contribution is -2.31. The average Bonchev–Trinajstić information content (AvgIpc) is 3.51. The van der Waals surface area contributed by atoms with Crippen molar-refractivity contribution in [3.63, 3.8) is 0 Å². The molecule has 1 fully saturated rings. The van der Waals surface area contributed by atoms with Gasteiger partial charge in [0.05, 0.1) is 25.5 Å². The molecule has 3 aromatic rings. The molecule has 0 radical (unpaired) electrons. The van der Waals surface area contributed by atoms with E-state index in [9.17, 15) is 9.18 Å². The molecule has 1 unspecified atom stereocenters. The normalized spacial score (nSPS) is 16.3. The average molecular weight is 431 g/mol. The molecule has 7 nitrogen and oxygen atoms in total. The van der Waals surface area contributed by atoms with E-state index in [2.05, 4.69) is 20.4 Å². The summed E-state index contributed by atoms with van der Waals surface area (Å²) in [6.45, 7) is 3.07. The molecule has 30 heavy (non-hydrogen) atoms. The lowest BCUT2D eigenvalue weighted by molar-refractivity contribution is 0.0654. The van der Waals surface area contributed by atoms with Crippen molar-refractivity contribution in [2.24, 2.45) is 0 Å². The number of rotatable bonds is 9. The minimum absolute atomic E-state index is 0.200. The number of nitrogens with zero attached hydrogens (tertiary/aromatic N) is 3. The maximum absolute atomic E-state index is 13.0. The Morgan fingerprint density at radius 1 is 1.23 bits per heavy atom. The van der Waals surface area contributed by atoms with Crippen LogP contribution >= 0.6 is 11.3 Å². The Balaban J connectivity index is 1.35. The zero-order chi connectivity index (χ0) is 20.8. The minimum atomic E-state index is -0.305. The first-order chi connectivity index (χ1) is 14.7. The van der Waals surface area contributed by atoms with Gasteiger partial charge in [-0.3, -0.25) is 9.69 Å². The molecule has 1 saturated heterocycles. The van der Waals surface area contributed by atoms with Crippen molar-refractivity contribution < 1.29 is 18.3 Å². The van der Waals surface area contributed by atoms with Crippen LogP contribution in [0.5, 0.6) is 0 Å². The summed E-state index contributed by atoms with van der Waals surface area (Å²) in [6, 6.07) is 9.82. The Morgan fingerprint density at radius 2 is 2.10 bits per heavy atom. The van der Waals surface area contributed by atoms with Gasteiger partial charge in [0.15, 0.2) is 0 Å². The number of carbonyl (C=O) groups is 1. The van der Waals surface area contributed by atoms with Gasteiger partial charge in [-0.15, -0.1) is 10.2 Å². The minimum Gasteiger partial charge on any atom is -0.468 e. The van der Waals surface area contributed by atoms with Crippen LogP contribution in [0.2, 0.25) is 0 Å². The molecule has 0 aliphatic carbocycles. The van der Waals surface area contributed by atoms with Crippen molar-refractivity contribution in [1.29, 1.82) is 0 Å². The third-order valence-electron chi connectivity index (χ3n) is 4.83. The molecule has 0 spiro atoms. The van der Waals surface area contributed by atoms with Gasteiger partial charge < -0.3 is 14.5 Å². The summed E-state index contributed by atoms with van der Waals surface area (Å²) in [5.74, 6) is 0.274. The molecule has 4 rings (SSSR count). The van der Waals surface area contributed by atoms with Gasteiger partial charge in [-0.2, -0.15) is 0 Å². The van der Waals surface area contributed by atoms with Crippen LogP contribution in [0, 0.1) is 5.82 Å². The first-order valence-electron chi connectivity index (χ1n) is 9.87. The molecular formula is C21H23FN4O3S. The topological polar surface area (TPSA) is 80.5 Å². The lowest BCUT2D eigenvalue weighted by atomic mass is 10.2. The van der Waals surface area contributed by atoms with Gasteiger partial charge in [0.2, 0.25) is 5.01 Å². The van der Waals surface area contributed by atoms with Gasteiger partial charge in [0.1, 0.15) is 16.6 Å². The van der Waals surface area contributed by atoms with E-state index in [4.69, 9.17) is 9.15 Å². The number of benzene rings is 1. The van der Waals surface area contributed by atoms with Crippen LogP contribution in [0.3, 0.4) is 0 Å². The van der Waals surface area contributed by atoms with Crippen molar-refractivity contribution in [3.05, 3.63) is 69.8 Å². The largest absolute Gasteiger partial charge is 0.468 e. The van der Waals surface area contributed by atoms with Crippen molar-refractivity contribution in [3.8, 4) is 0 Å². The summed E-state index contributed by atoms with van der Waals surface area (Å²) in [7, 11) is 0. The maximum atomic E-state index is 13.0. The Labute approximate surface area is 177 Å². The number of hydrogen-bond donors (Lipinski definition) is 1. The third-order valence-corrected chi connectivity index (χ3v) is 5.74. The standard InChI is InChI=1S/C21H23FN4O3S/c22-16-7-5-15(6-8-16)11-23-20(27)21-25-24-19(30-21)14-26(12-17-3-1-9-28-17)13-18-4-2-10-29-18/h1,3,5-9,18H,2,4,10-14H2,(H,23,27). The summed E-state index contributed by atoms with van der Waals surface area (Å²) in [4.78, 5) is 14.6. The molecule has 1 aliphatic rings. The molecule has 1 atom stereocenters. The van der Waals surface area contributed by atoms with Crippen molar-refractivity contribution >= 4 is 17.2 Å². The number of halogens is 1. The number of amides is 1. The Morgan fingerprint density at radius 3 is 2.83 bits per heavy atom. The highest BCUT2D eigenvalue weighted by molar-refractivity contribution is 7.13. The van der Waals surface area contributed by atoms with Crippen LogP contribution in [-0.4, -0.2) is 40.3 Å². The fraction of sp³-hybridized carbons (Fsp3) is 0.381. The first kappa shape index (κ1) is 20.6. The molecule has 1 aromatic carbocycles. The van der Waals surface area contributed by atoms with E-state index in [1.54, 1.807) is 18.4 Å². The fourth-order valence-electron chi connectivity index (χ4n) is 3.35. The van der Waals surface area contributed by atoms with E-state index in [1.807, 2.05) is 12.1 Å². The number of ether oxygens (including phenoxy) is 1. The first-order valence-corrected chi connectivity index (χ1v) is 10.7. The summed E-state index contributed by atoms with van der Waals surface area (Å²) in [5, 5.41) is 12.1. The monoisotopic (exact) mass is 430 g/mol. The second-order valence-corrected chi connectivity index (χ2v) is 8.26. The third kappa shape index (κ3) is 5.71. The van der Waals surface area contributed by atoms with Gasteiger partial charge >= 0.3 is 0 Å². The van der Waals surface area contributed by atoms with Crippen LogP contribution in [0.15, 0.2) is 47.1 Å². The van der Waals surface area contributed by atoms with Crippen LogP contribution in [0.1, 0.15) is 39.0 Å². The molecule has 9 heteroatoms. The summed E-state index contributed by atoms with van der Waals surface area (Å²) >= 11 is 1.27. The van der Waals surface area contributed by atoms with Gasteiger partial charge in [0.25, 0.3) is 5.91 Å². The van der Waals surface area contributed by atoms with E-state index in [0.717, 1.165) is 42.3 Å². The number of nitrogens with one attached hydrogen (secondary N) is 1. The molecule has 0 saturated carbocycles. The van der Waals surface area contributed by atoms with Crippen molar-refractivity contribution in [2.45, 2.75) is 38.6 Å². The second-order valence-electron chi connectivity index (χ2n) is 7.19. The Kier molecular flexibility index (Phi) is 6.83.